The summed E-state index contributed by atoms with van der Waals surface area (Å²) in [6, 6.07) is 8.12. The molecule has 0 saturated heterocycles. The Morgan fingerprint density at radius 1 is 1.29 bits per heavy atom. The summed E-state index contributed by atoms with van der Waals surface area (Å²) in [5.74, 6) is 3.28. The van der Waals surface area contributed by atoms with Gasteiger partial charge in [-0.05, 0) is 25.0 Å². The first-order valence-electron chi connectivity index (χ1n) is 7.13. The van der Waals surface area contributed by atoms with Crippen LogP contribution in [0.4, 0.5) is 5.69 Å². The fourth-order valence-corrected chi connectivity index (χ4v) is 2.29. The summed E-state index contributed by atoms with van der Waals surface area (Å²) < 4.78 is 0. The minimum atomic E-state index is 0.589. The highest BCUT2D eigenvalue weighted by Gasteiger charge is 2.27. The highest BCUT2D eigenvalue weighted by Crippen LogP contribution is 2.38. The molecule has 4 rings (SSSR count). The number of aromatic amines is 2. The van der Waals surface area contributed by atoms with Crippen LogP contribution >= 0.6 is 0 Å². The summed E-state index contributed by atoms with van der Waals surface area (Å²) >= 11 is 0. The summed E-state index contributed by atoms with van der Waals surface area (Å²) in [5.41, 5.74) is 2.05. The van der Waals surface area contributed by atoms with E-state index in [1.807, 2.05) is 24.4 Å². The minimum absolute atomic E-state index is 0.589. The van der Waals surface area contributed by atoms with E-state index >= 15 is 0 Å². The Balaban J connectivity index is 1.51. The smallest absolute Gasteiger partial charge is 0.181 e. The van der Waals surface area contributed by atoms with Gasteiger partial charge in [0.05, 0.1) is 6.54 Å². The van der Waals surface area contributed by atoms with Crippen LogP contribution in [0.1, 0.15) is 30.4 Å². The largest absolute Gasteiger partial charge is 0.378 e. The minimum Gasteiger partial charge on any atom is -0.378 e. The summed E-state index contributed by atoms with van der Waals surface area (Å²) in [6.45, 7) is 0.664. The Hall–Kier alpha value is -2.63. The molecule has 0 bridgehead atoms. The van der Waals surface area contributed by atoms with Gasteiger partial charge < -0.3 is 10.3 Å². The van der Waals surface area contributed by atoms with Crippen molar-refractivity contribution in [3.05, 3.63) is 48.3 Å². The standard InChI is InChI=1S/C15H16N6/c1-2-11(15-19-14(20-21-15)10-4-5-10)8-12(3-1)18-9-13-16-6-7-17-13/h1-3,6-8,10,18H,4-5,9H2,(H,16,17)(H,19,20,21). The zero-order valence-corrected chi connectivity index (χ0v) is 11.5. The quantitative estimate of drug-likeness (QED) is 0.671. The van der Waals surface area contributed by atoms with Gasteiger partial charge in [0.25, 0.3) is 0 Å². The lowest BCUT2D eigenvalue weighted by molar-refractivity contribution is 0.935. The van der Waals surface area contributed by atoms with E-state index in [2.05, 4.69) is 36.5 Å². The van der Waals surface area contributed by atoms with Gasteiger partial charge in [-0.1, -0.05) is 12.1 Å². The lowest BCUT2D eigenvalue weighted by Crippen LogP contribution is -2.01. The number of anilines is 1. The second-order valence-electron chi connectivity index (χ2n) is 5.29. The Morgan fingerprint density at radius 3 is 3.05 bits per heavy atom. The van der Waals surface area contributed by atoms with Crippen LogP contribution in [0.2, 0.25) is 0 Å². The molecule has 0 spiro atoms. The zero-order chi connectivity index (χ0) is 14.1. The van der Waals surface area contributed by atoms with Crippen molar-refractivity contribution in [2.45, 2.75) is 25.3 Å². The number of H-pyrrole nitrogens is 2. The molecule has 2 heterocycles. The van der Waals surface area contributed by atoms with Gasteiger partial charge in [-0.15, -0.1) is 0 Å². The molecule has 0 amide bonds. The second kappa shape index (κ2) is 5.05. The van der Waals surface area contributed by atoms with Gasteiger partial charge >= 0.3 is 0 Å². The summed E-state index contributed by atoms with van der Waals surface area (Å²) in [4.78, 5) is 11.8. The number of hydrogen-bond acceptors (Lipinski definition) is 4. The van der Waals surface area contributed by atoms with E-state index in [-0.39, 0.29) is 0 Å². The van der Waals surface area contributed by atoms with E-state index in [1.54, 1.807) is 6.20 Å². The first-order chi connectivity index (χ1) is 10.4. The highest BCUT2D eigenvalue weighted by atomic mass is 15.2. The van der Waals surface area contributed by atoms with Crippen LogP contribution in [-0.2, 0) is 6.54 Å². The SMILES string of the molecule is c1cc(NCc2ncc[nH]2)cc(-c2n[nH]c(C3CC3)n2)c1. The fourth-order valence-electron chi connectivity index (χ4n) is 2.29. The maximum absolute atomic E-state index is 4.58. The van der Waals surface area contributed by atoms with Crippen LogP contribution in [0.15, 0.2) is 36.7 Å². The van der Waals surface area contributed by atoms with E-state index in [0.29, 0.717) is 12.5 Å². The third-order valence-corrected chi connectivity index (χ3v) is 3.60. The van der Waals surface area contributed by atoms with Crippen LogP contribution in [0.25, 0.3) is 11.4 Å². The van der Waals surface area contributed by atoms with Crippen molar-refractivity contribution in [3.8, 4) is 11.4 Å². The predicted molar refractivity (Wildman–Crippen MR) is 79.7 cm³/mol. The molecule has 0 aliphatic heterocycles. The van der Waals surface area contributed by atoms with Crippen molar-refractivity contribution in [1.82, 2.24) is 25.1 Å². The maximum atomic E-state index is 4.58. The van der Waals surface area contributed by atoms with Crippen LogP contribution in [-0.4, -0.2) is 25.1 Å². The van der Waals surface area contributed by atoms with Crippen LogP contribution in [0, 0.1) is 0 Å². The Morgan fingerprint density at radius 2 is 2.24 bits per heavy atom. The molecule has 2 aromatic heterocycles. The summed E-state index contributed by atoms with van der Waals surface area (Å²) in [5, 5.41) is 10.7. The molecular formula is C15H16N6. The monoisotopic (exact) mass is 280 g/mol. The van der Waals surface area contributed by atoms with E-state index < -0.39 is 0 Å². The average molecular weight is 280 g/mol. The van der Waals surface area contributed by atoms with Crippen LogP contribution in [0.3, 0.4) is 0 Å². The molecule has 1 fully saturated rings. The van der Waals surface area contributed by atoms with E-state index in [1.165, 1.54) is 12.8 Å². The highest BCUT2D eigenvalue weighted by molar-refractivity contribution is 5.62. The summed E-state index contributed by atoms with van der Waals surface area (Å²) in [6.07, 6.45) is 6.01. The topological polar surface area (TPSA) is 82.3 Å². The molecular weight excluding hydrogens is 264 g/mol. The number of hydrogen-bond donors (Lipinski definition) is 3. The summed E-state index contributed by atoms with van der Waals surface area (Å²) in [7, 11) is 0. The van der Waals surface area contributed by atoms with Gasteiger partial charge in [0.15, 0.2) is 5.82 Å². The molecule has 21 heavy (non-hydrogen) atoms. The van der Waals surface area contributed by atoms with Crippen molar-refractivity contribution in [3.63, 3.8) is 0 Å². The number of nitrogens with zero attached hydrogens (tertiary/aromatic N) is 3. The van der Waals surface area contributed by atoms with E-state index in [0.717, 1.165) is 28.7 Å². The van der Waals surface area contributed by atoms with E-state index in [4.69, 9.17) is 0 Å². The Bertz CT molecular complexity index is 726. The fraction of sp³-hybridized carbons (Fsp3) is 0.267. The van der Waals surface area contributed by atoms with Crippen LogP contribution in [0.5, 0.6) is 0 Å². The number of benzene rings is 1. The van der Waals surface area contributed by atoms with Crippen LogP contribution < -0.4 is 5.32 Å². The zero-order valence-electron chi connectivity index (χ0n) is 11.5. The lowest BCUT2D eigenvalue weighted by atomic mass is 10.2. The molecule has 3 aromatic rings. The van der Waals surface area contributed by atoms with Crippen molar-refractivity contribution in [2.75, 3.05) is 5.32 Å². The third kappa shape index (κ3) is 2.65. The molecule has 6 nitrogen and oxygen atoms in total. The number of nitrogens with one attached hydrogen (secondary N) is 3. The number of imidazole rings is 1. The van der Waals surface area contributed by atoms with Gasteiger partial charge in [0, 0.05) is 29.6 Å². The normalized spacial score (nSPS) is 14.3. The van der Waals surface area contributed by atoms with Gasteiger partial charge in [-0.3, -0.25) is 5.10 Å². The van der Waals surface area contributed by atoms with Crippen molar-refractivity contribution in [2.24, 2.45) is 0 Å². The lowest BCUT2D eigenvalue weighted by Gasteiger charge is -2.05. The van der Waals surface area contributed by atoms with Gasteiger partial charge in [0.1, 0.15) is 11.6 Å². The molecule has 0 radical (unpaired) electrons. The molecule has 106 valence electrons. The van der Waals surface area contributed by atoms with Gasteiger partial charge in [-0.25, -0.2) is 9.97 Å². The maximum Gasteiger partial charge on any atom is 0.181 e. The molecule has 0 atom stereocenters. The average Bonchev–Trinajstić information content (AvgIpc) is 3.05. The van der Waals surface area contributed by atoms with Crippen molar-refractivity contribution in [1.29, 1.82) is 0 Å². The Kier molecular flexibility index (Phi) is 2.92. The first-order valence-corrected chi connectivity index (χ1v) is 7.13. The molecule has 1 aromatic carbocycles. The molecule has 1 saturated carbocycles. The van der Waals surface area contributed by atoms with E-state index in [9.17, 15) is 0 Å². The van der Waals surface area contributed by atoms with Gasteiger partial charge in [0.2, 0.25) is 0 Å². The van der Waals surface area contributed by atoms with Crippen molar-refractivity contribution < 1.29 is 0 Å². The third-order valence-electron chi connectivity index (χ3n) is 3.60. The van der Waals surface area contributed by atoms with Crippen molar-refractivity contribution >= 4 is 5.69 Å². The molecule has 6 heteroatoms. The predicted octanol–water partition coefficient (Wildman–Crippen LogP) is 2.68. The first kappa shape index (κ1) is 12.1. The second-order valence-corrected chi connectivity index (χ2v) is 5.29. The number of aromatic nitrogens is 5. The Labute approximate surface area is 122 Å². The molecule has 1 aliphatic rings. The molecule has 0 unspecified atom stereocenters. The molecule has 3 N–H and O–H groups in total. The van der Waals surface area contributed by atoms with Gasteiger partial charge in [-0.2, -0.15) is 5.10 Å². The molecule has 1 aliphatic carbocycles. The number of rotatable bonds is 5.